The second-order valence-electron chi connectivity index (χ2n) is 14.7. The zero-order valence-corrected chi connectivity index (χ0v) is 30.3. The Bertz CT molecular complexity index is 2930. The van der Waals surface area contributed by atoms with Crippen molar-refractivity contribution < 1.29 is 17.4 Å². The zero-order chi connectivity index (χ0) is 45.1. The van der Waals surface area contributed by atoms with E-state index in [-0.39, 0.29) is 16.7 Å². The lowest BCUT2D eigenvalue weighted by atomic mass is 9.83. The van der Waals surface area contributed by atoms with Gasteiger partial charge >= 0.3 is 0 Å². The summed E-state index contributed by atoms with van der Waals surface area (Å²) < 4.78 is 78.1. The Labute approximate surface area is 331 Å². The van der Waals surface area contributed by atoms with Crippen LogP contribution in [0.4, 0.5) is 0 Å². The molecule has 0 atom stereocenters. The topological polar surface area (TPSA) is 50.9 Å². The minimum atomic E-state index is -3.46. The Morgan fingerprint density at radius 3 is 1.94 bits per heavy atom. The van der Waals surface area contributed by atoms with Crippen LogP contribution >= 0.6 is 0 Å². The van der Waals surface area contributed by atoms with Crippen LogP contribution in [-0.4, -0.2) is 19.6 Å². The summed E-state index contributed by atoms with van der Waals surface area (Å²) in [6.07, 6.45) is 1.82. The Hall–Kier alpha value is -6.26. The third kappa shape index (κ3) is 6.60. The third-order valence-corrected chi connectivity index (χ3v) is 9.86. The van der Waals surface area contributed by atoms with Gasteiger partial charge in [-0.1, -0.05) is 138 Å². The molecule has 0 aliphatic carbocycles. The summed E-state index contributed by atoms with van der Waals surface area (Å²) in [5.41, 5.74) is 5.67. The molecule has 54 heavy (non-hydrogen) atoms. The van der Waals surface area contributed by atoms with E-state index in [0.29, 0.717) is 39.2 Å². The van der Waals surface area contributed by atoms with Gasteiger partial charge in [0.25, 0.3) is 0 Å². The van der Waals surface area contributed by atoms with Crippen LogP contribution in [0.25, 0.3) is 72.7 Å². The fourth-order valence-corrected chi connectivity index (χ4v) is 7.00. The van der Waals surface area contributed by atoms with Crippen molar-refractivity contribution in [3.05, 3.63) is 169 Å². The number of benzene rings is 6. The van der Waals surface area contributed by atoms with Crippen LogP contribution in [0.1, 0.15) is 64.8 Å². The number of phenolic OH excluding ortho intramolecular Hbond substituents is 1. The van der Waals surface area contributed by atoms with Gasteiger partial charge in [-0.3, -0.25) is 9.55 Å². The Balaban J connectivity index is 1.43. The van der Waals surface area contributed by atoms with Gasteiger partial charge in [0, 0.05) is 35.2 Å². The largest absolute Gasteiger partial charge is 0.507 e. The standard InChI is InChI=1S/C50H45N3O/c1-49(2,3)38-24-25-44(42(32-38)34-18-11-8-12-19-34)53-45-22-15-21-40(47(45)52-48(53)41-20-13-14-23-46(41)54)36-28-37(30-39(29-36)50(4,5)6)43-31-35(26-27-51-43)33-16-9-7-10-17-33/h7-32,54H,1-6H3/i1D3,2D3,3D3. The quantitative estimate of drug-likeness (QED) is 0.187. The van der Waals surface area contributed by atoms with Crippen LogP contribution in [0.3, 0.4) is 0 Å². The molecule has 0 aliphatic heterocycles. The number of aromatic hydroxyl groups is 1. The summed E-state index contributed by atoms with van der Waals surface area (Å²) in [6.45, 7) is -3.92. The summed E-state index contributed by atoms with van der Waals surface area (Å²) in [5.74, 6) is 0.305. The van der Waals surface area contributed by atoms with Gasteiger partial charge in [0.05, 0.1) is 28.0 Å². The maximum atomic E-state index is 11.4. The highest BCUT2D eigenvalue weighted by molar-refractivity contribution is 5.97. The highest BCUT2D eigenvalue weighted by Gasteiger charge is 2.25. The molecule has 0 radical (unpaired) electrons. The van der Waals surface area contributed by atoms with Gasteiger partial charge in [-0.2, -0.15) is 0 Å². The van der Waals surface area contributed by atoms with E-state index >= 15 is 0 Å². The number of para-hydroxylation sites is 2. The average Bonchev–Trinajstić information content (AvgIpc) is 3.62. The number of hydrogen-bond donors (Lipinski definition) is 1. The van der Waals surface area contributed by atoms with Gasteiger partial charge in [0.2, 0.25) is 0 Å². The molecule has 266 valence electrons. The van der Waals surface area contributed by atoms with Gasteiger partial charge in [0.1, 0.15) is 11.6 Å². The molecular formula is C50H45N3O. The number of fused-ring (bicyclic) bond motifs is 1. The number of hydrogen-bond acceptors (Lipinski definition) is 3. The van der Waals surface area contributed by atoms with Gasteiger partial charge in [-0.05, 0) is 98.8 Å². The van der Waals surface area contributed by atoms with Gasteiger partial charge < -0.3 is 5.11 Å². The van der Waals surface area contributed by atoms with Crippen LogP contribution in [0, 0.1) is 0 Å². The van der Waals surface area contributed by atoms with Crippen molar-refractivity contribution in [3.8, 4) is 67.5 Å². The van der Waals surface area contributed by atoms with Crippen molar-refractivity contribution in [3.63, 3.8) is 0 Å². The van der Waals surface area contributed by atoms with E-state index in [1.807, 2.05) is 59.3 Å². The van der Waals surface area contributed by atoms with Crippen molar-refractivity contribution in [2.24, 2.45) is 0 Å². The number of pyridine rings is 1. The molecule has 2 heterocycles. The van der Waals surface area contributed by atoms with Gasteiger partial charge in [-0.25, -0.2) is 4.98 Å². The SMILES string of the molecule is [2H]C([2H])([2H])C(c1ccc(-n2c(-c3ccccc3O)nc3c(-c4cc(-c5cc(-c6ccccc6)ccn5)cc(C(C)(C)C)c4)cccc32)c(-c2ccccc2)c1)(C([2H])([2H])[2H])C([2H])([2H])[2H]. The molecule has 0 bridgehead atoms. The van der Waals surface area contributed by atoms with E-state index in [1.165, 1.54) is 12.1 Å². The molecule has 0 saturated heterocycles. The summed E-state index contributed by atoms with van der Waals surface area (Å²) in [7, 11) is 0. The number of aromatic nitrogens is 3. The molecule has 6 aromatic carbocycles. The van der Waals surface area contributed by atoms with Crippen LogP contribution in [0.2, 0.25) is 0 Å². The monoisotopic (exact) mass is 712 g/mol. The van der Waals surface area contributed by atoms with Crippen LogP contribution in [0.15, 0.2) is 158 Å². The summed E-state index contributed by atoms with van der Waals surface area (Å²) in [5, 5.41) is 11.4. The van der Waals surface area contributed by atoms with E-state index in [1.54, 1.807) is 54.6 Å². The fraction of sp³-hybridized carbons (Fsp3) is 0.160. The van der Waals surface area contributed by atoms with Crippen molar-refractivity contribution in [1.29, 1.82) is 0 Å². The summed E-state index contributed by atoms with van der Waals surface area (Å²) in [4.78, 5) is 10.1. The van der Waals surface area contributed by atoms with E-state index in [0.717, 1.165) is 39.1 Å². The first-order valence-electron chi connectivity index (χ1n) is 22.4. The molecule has 0 aliphatic rings. The first-order valence-corrected chi connectivity index (χ1v) is 17.9. The second kappa shape index (κ2) is 13.6. The highest BCUT2D eigenvalue weighted by atomic mass is 16.3. The molecule has 8 aromatic rings. The molecule has 8 rings (SSSR count). The molecule has 4 heteroatoms. The number of phenols is 1. The van der Waals surface area contributed by atoms with E-state index in [4.69, 9.17) is 22.3 Å². The number of nitrogens with zero attached hydrogens (tertiary/aromatic N) is 3. The lowest BCUT2D eigenvalue weighted by Crippen LogP contribution is -2.12. The lowest BCUT2D eigenvalue weighted by molar-refractivity contribution is 0.477. The Morgan fingerprint density at radius 2 is 1.22 bits per heavy atom. The molecular weight excluding hydrogens is 659 g/mol. The molecule has 0 amide bonds. The van der Waals surface area contributed by atoms with E-state index in [2.05, 4.69) is 57.2 Å². The van der Waals surface area contributed by atoms with Crippen molar-refractivity contribution >= 4 is 11.0 Å². The van der Waals surface area contributed by atoms with Gasteiger partial charge in [0.15, 0.2) is 0 Å². The molecule has 2 aromatic heterocycles. The first-order chi connectivity index (χ1) is 29.7. The summed E-state index contributed by atoms with van der Waals surface area (Å²) >= 11 is 0. The Morgan fingerprint density at radius 1 is 0.537 bits per heavy atom. The second-order valence-corrected chi connectivity index (χ2v) is 14.7. The Kier molecular flexibility index (Phi) is 6.47. The predicted molar refractivity (Wildman–Crippen MR) is 225 cm³/mol. The lowest BCUT2D eigenvalue weighted by Gasteiger charge is -2.23. The minimum Gasteiger partial charge on any atom is -0.507 e. The fourth-order valence-electron chi connectivity index (χ4n) is 7.00. The third-order valence-electron chi connectivity index (χ3n) is 9.86. The molecule has 1 N–H and O–H groups in total. The van der Waals surface area contributed by atoms with Crippen LogP contribution in [-0.2, 0) is 10.8 Å². The van der Waals surface area contributed by atoms with Crippen molar-refractivity contribution in [1.82, 2.24) is 14.5 Å². The first kappa shape index (κ1) is 25.7. The highest BCUT2D eigenvalue weighted by Crippen LogP contribution is 2.42. The van der Waals surface area contributed by atoms with E-state index in [9.17, 15) is 5.11 Å². The van der Waals surface area contributed by atoms with Crippen molar-refractivity contribution in [2.45, 2.75) is 52.2 Å². The number of rotatable bonds is 6. The molecule has 0 fully saturated rings. The molecule has 0 saturated carbocycles. The number of imidazole rings is 1. The molecule has 4 nitrogen and oxygen atoms in total. The normalized spacial score (nSPS) is 15.1. The maximum Gasteiger partial charge on any atom is 0.149 e. The van der Waals surface area contributed by atoms with Crippen LogP contribution in [0.5, 0.6) is 5.75 Å². The van der Waals surface area contributed by atoms with E-state index < -0.39 is 26.0 Å². The maximum absolute atomic E-state index is 11.4. The average molecular weight is 713 g/mol. The van der Waals surface area contributed by atoms with Gasteiger partial charge in [-0.15, -0.1) is 0 Å². The zero-order valence-electron chi connectivity index (χ0n) is 39.3. The minimum absolute atomic E-state index is 0.0406. The predicted octanol–water partition coefficient (Wildman–Crippen LogP) is 13.1. The molecule has 0 unspecified atom stereocenters. The van der Waals surface area contributed by atoms with Crippen LogP contribution < -0.4 is 0 Å². The summed E-state index contributed by atoms with van der Waals surface area (Å²) in [6, 6.07) is 46.4. The molecule has 0 spiro atoms. The van der Waals surface area contributed by atoms with Crippen molar-refractivity contribution in [2.75, 3.05) is 0 Å². The smallest absolute Gasteiger partial charge is 0.149 e.